The highest BCUT2D eigenvalue weighted by Gasteiger charge is 2.32. The zero-order valence-corrected chi connectivity index (χ0v) is 15.3. The molecular formula is C19H36O5. The summed E-state index contributed by atoms with van der Waals surface area (Å²) in [5.74, 6) is -0.765. The average Bonchev–Trinajstić information content (AvgIpc) is 2.52. The standard InChI is InChI=1S/C19H36O5/c1-3-4-5-9-12-15-19(2,24)18(23)16(20)13-10-7-6-8-11-14-17(21)22/h12,15-16,18,20,23-24H,3-11,13-14H2,1-2H3,(H,21,22)/b15-12-. The van der Waals surface area contributed by atoms with Crippen molar-refractivity contribution in [3.05, 3.63) is 12.2 Å². The number of allylic oxidation sites excluding steroid dienone is 1. The van der Waals surface area contributed by atoms with E-state index in [2.05, 4.69) is 6.92 Å². The molecule has 5 heteroatoms. The molecule has 0 aliphatic heterocycles. The molecule has 24 heavy (non-hydrogen) atoms. The van der Waals surface area contributed by atoms with Gasteiger partial charge in [-0.25, -0.2) is 0 Å². The van der Waals surface area contributed by atoms with Crippen molar-refractivity contribution in [2.75, 3.05) is 0 Å². The smallest absolute Gasteiger partial charge is 0.303 e. The molecule has 0 aromatic carbocycles. The van der Waals surface area contributed by atoms with Crippen LogP contribution in [0, 0.1) is 0 Å². The van der Waals surface area contributed by atoms with Crippen LogP contribution in [0.25, 0.3) is 0 Å². The highest BCUT2D eigenvalue weighted by atomic mass is 16.4. The maximum atomic E-state index is 10.4. The Bertz CT molecular complexity index is 352. The molecule has 0 heterocycles. The van der Waals surface area contributed by atoms with E-state index in [1.54, 1.807) is 6.08 Å². The van der Waals surface area contributed by atoms with E-state index >= 15 is 0 Å². The molecule has 0 saturated carbocycles. The molecule has 5 nitrogen and oxygen atoms in total. The van der Waals surface area contributed by atoms with E-state index in [0.717, 1.165) is 51.4 Å². The Hall–Kier alpha value is -0.910. The van der Waals surface area contributed by atoms with E-state index in [9.17, 15) is 20.1 Å². The summed E-state index contributed by atoms with van der Waals surface area (Å²) in [5, 5.41) is 39.0. The Morgan fingerprint density at radius 2 is 1.67 bits per heavy atom. The van der Waals surface area contributed by atoms with Gasteiger partial charge in [0.2, 0.25) is 0 Å². The molecule has 0 aromatic heterocycles. The third-order valence-electron chi connectivity index (χ3n) is 4.28. The van der Waals surface area contributed by atoms with Crippen LogP contribution in [0.5, 0.6) is 0 Å². The molecule has 0 aliphatic rings. The van der Waals surface area contributed by atoms with Gasteiger partial charge in [-0.3, -0.25) is 4.79 Å². The minimum atomic E-state index is -1.42. The lowest BCUT2D eigenvalue weighted by Gasteiger charge is -2.29. The second-order valence-corrected chi connectivity index (χ2v) is 6.84. The zero-order chi connectivity index (χ0) is 18.4. The van der Waals surface area contributed by atoms with Crippen molar-refractivity contribution in [3.63, 3.8) is 0 Å². The van der Waals surface area contributed by atoms with Gasteiger partial charge in [0.15, 0.2) is 0 Å². The van der Waals surface area contributed by atoms with E-state index in [1.165, 1.54) is 6.92 Å². The van der Waals surface area contributed by atoms with E-state index in [1.807, 2.05) is 6.08 Å². The quantitative estimate of drug-likeness (QED) is 0.270. The molecule has 0 amide bonds. The normalized spacial score (nSPS) is 16.9. The number of aliphatic hydroxyl groups is 3. The summed E-state index contributed by atoms with van der Waals surface area (Å²) in [4.78, 5) is 10.4. The number of carbonyl (C=O) groups is 1. The highest BCUT2D eigenvalue weighted by Crippen LogP contribution is 2.20. The van der Waals surface area contributed by atoms with Gasteiger partial charge < -0.3 is 20.4 Å². The summed E-state index contributed by atoms with van der Waals surface area (Å²) < 4.78 is 0. The summed E-state index contributed by atoms with van der Waals surface area (Å²) in [5.41, 5.74) is -1.42. The van der Waals surface area contributed by atoms with Crippen LogP contribution in [0.1, 0.15) is 84.5 Å². The number of hydrogen-bond acceptors (Lipinski definition) is 4. The fraction of sp³-hybridized carbons (Fsp3) is 0.842. The van der Waals surface area contributed by atoms with Crippen LogP contribution in [0.4, 0.5) is 0 Å². The number of unbranched alkanes of at least 4 members (excludes halogenated alkanes) is 7. The van der Waals surface area contributed by atoms with Gasteiger partial charge in [-0.1, -0.05) is 57.6 Å². The number of carboxylic acid groups (broad SMARTS) is 1. The Labute approximate surface area is 146 Å². The summed E-state index contributed by atoms with van der Waals surface area (Å²) in [6.45, 7) is 3.65. The van der Waals surface area contributed by atoms with Gasteiger partial charge in [0.05, 0.1) is 6.10 Å². The summed E-state index contributed by atoms with van der Waals surface area (Å²) in [7, 11) is 0. The molecule has 0 radical (unpaired) electrons. The second kappa shape index (κ2) is 13.4. The second-order valence-electron chi connectivity index (χ2n) is 6.84. The molecule has 0 saturated heterocycles. The number of aliphatic carboxylic acids is 1. The Morgan fingerprint density at radius 3 is 2.29 bits per heavy atom. The van der Waals surface area contributed by atoms with Gasteiger partial charge in [0, 0.05) is 6.42 Å². The third-order valence-corrected chi connectivity index (χ3v) is 4.28. The monoisotopic (exact) mass is 344 g/mol. The number of aliphatic hydroxyl groups excluding tert-OH is 2. The third kappa shape index (κ3) is 11.6. The first-order chi connectivity index (χ1) is 11.3. The number of hydrogen-bond donors (Lipinski definition) is 4. The zero-order valence-electron chi connectivity index (χ0n) is 15.3. The predicted octanol–water partition coefficient (Wildman–Crippen LogP) is 3.41. The molecule has 4 N–H and O–H groups in total. The van der Waals surface area contributed by atoms with Crippen molar-refractivity contribution in [2.45, 2.75) is 102 Å². The first-order valence-electron chi connectivity index (χ1n) is 9.29. The lowest BCUT2D eigenvalue weighted by molar-refractivity contribution is -0.137. The minimum absolute atomic E-state index is 0.203. The first kappa shape index (κ1) is 23.1. The molecule has 3 atom stereocenters. The van der Waals surface area contributed by atoms with Crippen LogP contribution in [-0.2, 0) is 4.79 Å². The largest absolute Gasteiger partial charge is 0.481 e. The molecule has 0 bridgehead atoms. The molecule has 0 aliphatic carbocycles. The summed E-state index contributed by atoms with van der Waals surface area (Å²) >= 11 is 0. The van der Waals surface area contributed by atoms with Crippen LogP contribution in [-0.4, -0.2) is 44.2 Å². The van der Waals surface area contributed by atoms with Gasteiger partial charge >= 0.3 is 5.97 Å². The number of carboxylic acids is 1. The van der Waals surface area contributed by atoms with E-state index < -0.39 is 23.8 Å². The molecule has 3 unspecified atom stereocenters. The van der Waals surface area contributed by atoms with Crippen molar-refractivity contribution in [2.24, 2.45) is 0 Å². The average molecular weight is 344 g/mol. The van der Waals surface area contributed by atoms with Gasteiger partial charge in [-0.15, -0.1) is 0 Å². The Morgan fingerprint density at radius 1 is 1.04 bits per heavy atom. The van der Waals surface area contributed by atoms with Crippen molar-refractivity contribution in [1.82, 2.24) is 0 Å². The fourth-order valence-electron chi connectivity index (χ4n) is 2.64. The van der Waals surface area contributed by atoms with Crippen LogP contribution >= 0.6 is 0 Å². The topological polar surface area (TPSA) is 98.0 Å². The summed E-state index contributed by atoms with van der Waals surface area (Å²) in [6, 6.07) is 0. The number of rotatable bonds is 15. The Balaban J connectivity index is 3.94. The van der Waals surface area contributed by atoms with E-state index in [4.69, 9.17) is 5.11 Å². The predicted molar refractivity (Wildman–Crippen MR) is 95.9 cm³/mol. The highest BCUT2D eigenvalue weighted by molar-refractivity contribution is 5.66. The Kier molecular flexibility index (Phi) is 12.9. The van der Waals surface area contributed by atoms with Gasteiger partial charge in [0.25, 0.3) is 0 Å². The van der Waals surface area contributed by atoms with Crippen LogP contribution < -0.4 is 0 Å². The molecule has 142 valence electrons. The van der Waals surface area contributed by atoms with Crippen molar-refractivity contribution < 1.29 is 25.2 Å². The molecule has 0 aromatic rings. The van der Waals surface area contributed by atoms with Crippen LogP contribution in [0.3, 0.4) is 0 Å². The SMILES string of the molecule is CCCCC/C=C\C(C)(O)C(O)C(O)CCCCCCCC(=O)O. The molecular weight excluding hydrogens is 308 g/mol. The van der Waals surface area contributed by atoms with Crippen LogP contribution in [0.15, 0.2) is 12.2 Å². The maximum Gasteiger partial charge on any atom is 0.303 e. The lowest BCUT2D eigenvalue weighted by Crippen LogP contribution is -2.45. The fourth-order valence-corrected chi connectivity index (χ4v) is 2.64. The van der Waals surface area contributed by atoms with Crippen molar-refractivity contribution >= 4 is 5.97 Å². The lowest BCUT2D eigenvalue weighted by atomic mass is 9.91. The molecule has 0 spiro atoms. The molecule has 0 rings (SSSR count). The van der Waals surface area contributed by atoms with Gasteiger partial charge in [-0.05, 0) is 32.6 Å². The molecule has 0 fully saturated rings. The van der Waals surface area contributed by atoms with Crippen molar-refractivity contribution in [1.29, 1.82) is 0 Å². The van der Waals surface area contributed by atoms with E-state index in [0.29, 0.717) is 12.8 Å². The van der Waals surface area contributed by atoms with Crippen molar-refractivity contribution in [3.8, 4) is 0 Å². The first-order valence-corrected chi connectivity index (χ1v) is 9.29. The van der Waals surface area contributed by atoms with Crippen LogP contribution in [0.2, 0.25) is 0 Å². The maximum absolute atomic E-state index is 10.4. The van der Waals surface area contributed by atoms with Gasteiger partial charge in [-0.2, -0.15) is 0 Å². The summed E-state index contributed by atoms with van der Waals surface area (Å²) in [6.07, 6.45) is 10.2. The minimum Gasteiger partial charge on any atom is -0.481 e. The van der Waals surface area contributed by atoms with E-state index in [-0.39, 0.29) is 6.42 Å². The van der Waals surface area contributed by atoms with Gasteiger partial charge in [0.1, 0.15) is 11.7 Å².